The standard InChI is InChI=1S/C17H14F3N3O4S/c18-17(19,20)10-26-12-5-2-1-4-11(12)21-14(24)7-8-23-16(25)27-15(22-23)13-6-3-9-28-13/h1-6,9H,7-8,10H2,(H,21,24). The number of alkyl halides is 3. The molecular weight excluding hydrogens is 399 g/mol. The minimum Gasteiger partial charge on any atom is -0.482 e. The van der Waals surface area contributed by atoms with Crippen LogP contribution in [0.4, 0.5) is 18.9 Å². The van der Waals surface area contributed by atoms with Crippen LogP contribution in [-0.2, 0) is 11.3 Å². The molecule has 2 aromatic heterocycles. The summed E-state index contributed by atoms with van der Waals surface area (Å²) in [6.07, 6.45) is -4.63. The van der Waals surface area contributed by atoms with Gasteiger partial charge in [-0.3, -0.25) is 4.79 Å². The number of aromatic nitrogens is 2. The lowest BCUT2D eigenvalue weighted by Crippen LogP contribution is -2.22. The Morgan fingerprint density at radius 2 is 2.04 bits per heavy atom. The Morgan fingerprint density at radius 1 is 1.25 bits per heavy atom. The first-order valence-corrected chi connectivity index (χ1v) is 8.90. The predicted molar refractivity (Wildman–Crippen MR) is 95.3 cm³/mol. The molecule has 0 bridgehead atoms. The molecule has 0 saturated heterocycles. The number of para-hydroxylation sites is 2. The van der Waals surface area contributed by atoms with Gasteiger partial charge in [0.2, 0.25) is 5.91 Å². The third-order valence-corrected chi connectivity index (χ3v) is 4.30. The van der Waals surface area contributed by atoms with Crippen molar-refractivity contribution in [2.45, 2.75) is 19.1 Å². The van der Waals surface area contributed by atoms with Crippen LogP contribution < -0.4 is 15.8 Å². The monoisotopic (exact) mass is 413 g/mol. The van der Waals surface area contributed by atoms with Crippen LogP contribution in [0, 0.1) is 0 Å². The first-order valence-electron chi connectivity index (χ1n) is 8.02. The van der Waals surface area contributed by atoms with Gasteiger partial charge in [-0.15, -0.1) is 16.4 Å². The summed E-state index contributed by atoms with van der Waals surface area (Å²) in [5.74, 6) is -1.17. The maximum absolute atomic E-state index is 12.3. The highest BCUT2D eigenvalue weighted by Gasteiger charge is 2.28. The molecule has 0 fully saturated rings. The van der Waals surface area contributed by atoms with Gasteiger partial charge in [-0.2, -0.15) is 17.9 Å². The summed E-state index contributed by atoms with van der Waals surface area (Å²) in [5, 5.41) is 8.30. The number of hydrogen-bond acceptors (Lipinski definition) is 6. The van der Waals surface area contributed by atoms with Gasteiger partial charge in [0.25, 0.3) is 5.89 Å². The smallest absolute Gasteiger partial charge is 0.437 e. The molecule has 2 heterocycles. The predicted octanol–water partition coefficient (Wildman–Crippen LogP) is 3.53. The number of carbonyl (C=O) groups excluding carboxylic acids is 1. The lowest BCUT2D eigenvalue weighted by Gasteiger charge is -2.13. The van der Waals surface area contributed by atoms with Crippen LogP contribution in [-0.4, -0.2) is 28.5 Å². The van der Waals surface area contributed by atoms with Gasteiger partial charge < -0.3 is 14.5 Å². The van der Waals surface area contributed by atoms with Crippen molar-refractivity contribution in [3.05, 3.63) is 52.3 Å². The van der Waals surface area contributed by atoms with Gasteiger partial charge in [0.15, 0.2) is 6.61 Å². The SMILES string of the molecule is O=C(CCn1nc(-c2cccs2)oc1=O)Nc1ccccc1OCC(F)(F)F. The first kappa shape index (κ1) is 19.7. The number of hydrogen-bond donors (Lipinski definition) is 1. The normalized spacial score (nSPS) is 11.4. The van der Waals surface area contributed by atoms with Crippen LogP contribution in [0.2, 0.25) is 0 Å². The third kappa shape index (κ3) is 5.22. The summed E-state index contributed by atoms with van der Waals surface area (Å²) in [6, 6.07) is 9.29. The number of nitrogens with zero attached hydrogens (tertiary/aromatic N) is 2. The van der Waals surface area contributed by atoms with Crippen LogP contribution >= 0.6 is 11.3 Å². The summed E-state index contributed by atoms with van der Waals surface area (Å²) < 4.78 is 47.7. The Hall–Kier alpha value is -3.08. The minimum atomic E-state index is -4.49. The van der Waals surface area contributed by atoms with E-state index in [2.05, 4.69) is 10.4 Å². The minimum absolute atomic E-state index is 0.0505. The summed E-state index contributed by atoms with van der Waals surface area (Å²) in [7, 11) is 0. The van der Waals surface area contributed by atoms with Crippen LogP contribution in [0.1, 0.15) is 6.42 Å². The van der Waals surface area contributed by atoms with E-state index in [1.54, 1.807) is 23.6 Å². The zero-order chi connectivity index (χ0) is 20.1. The van der Waals surface area contributed by atoms with Crippen molar-refractivity contribution < 1.29 is 27.1 Å². The van der Waals surface area contributed by atoms with E-state index < -0.39 is 24.4 Å². The van der Waals surface area contributed by atoms with Crippen LogP contribution in [0.25, 0.3) is 10.8 Å². The second-order valence-electron chi connectivity index (χ2n) is 5.57. The molecule has 0 aliphatic heterocycles. The Kier molecular flexibility index (Phi) is 5.83. The van der Waals surface area contributed by atoms with Crippen LogP contribution in [0.15, 0.2) is 51.0 Å². The fourth-order valence-electron chi connectivity index (χ4n) is 2.22. The average molecular weight is 413 g/mol. The van der Waals surface area contributed by atoms with Crippen molar-refractivity contribution in [3.8, 4) is 16.5 Å². The molecule has 28 heavy (non-hydrogen) atoms. The molecule has 0 unspecified atom stereocenters. The molecule has 0 atom stereocenters. The number of aryl methyl sites for hydroxylation is 1. The van der Waals surface area contributed by atoms with Gasteiger partial charge >= 0.3 is 11.9 Å². The number of halogens is 3. The summed E-state index contributed by atoms with van der Waals surface area (Å²) in [6.45, 7) is -1.52. The highest BCUT2D eigenvalue weighted by molar-refractivity contribution is 7.13. The van der Waals surface area contributed by atoms with E-state index in [0.29, 0.717) is 4.88 Å². The van der Waals surface area contributed by atoms with Gasteiger partial charge in [0.1, 0.15) is 5.75 Å². The van der Waals surface area contributed by atoms with Crippen molar-refractivity contribution in [3.63, 3.8) is 0 Å². The Balaban J connectivity index is 1.60. The second-order valence-corrected chi connectivity index (χ2v) is 6.52. The van der Waals surface area contributed by atoms with E-state index in [1.807, 2.05) is 0 Å². The molecule has 3 aromatic rings. The molecule has 3 rings (SSSR count). The molecule has 11 heteroatoms. The number of ether oxygens (including phenoxy) is 1. The van der Waals surface area contributed by atoms with Crippen molar-refractivity contribution in [1.82, 2.24) is 9.78 Å². The summed E-state index contributed by atoms with van der Waals surface area (Å²) in [4.78, 5) is 24.6. The number of carbonyl (C=O) groups is 1. The van der Waals surface area contributed by atoms with Crippen LogP contribution in [0.5, 0.6) is 5.75 Å². The van der Waals surface area contributed by atoms with E-state index in [9.17, 15) is 22.8 Å². The van der Waals surface area contributed by atoms with E-state index in [4.69, 9.17) is 9.15 Å². The average Bonchev–Trinajstić information content (AvgIpc) is 3.28. The van der Waals surface area contributed by atoms with Crippen molar-refractivity contribution in [2.24, 2.45) is 0 Å². The molecule has 0 radical (unpaired) electrons. The lowest BCUT2D eigenvalue weighted by atomic mass is 10.2. The Morgan fingerprint density at radius 3 is 2.75 bits per heavy atom. The number of nitrogens with one attached hydrogen (secondary N) is 1. The maximum Gasteiger partial charge on any atom is 0.437 e. The highest BCUT2D eigenvalue weighted by atomic mass is 32.1. The molecule has 0 saturated carbocycles. The lowest BCUT2D eigenvalue weighted by molar-refractivity contribution is -0.153. The van der Waals surface area contributed by atoms with E-state index in [-0.39, 0.29) is 30.3 Å². The quantitative estimate of drug-likeness (QED) is 0.640. The molecule has 148 valence electrons. The summed E-state index contributed by atoms with van der Waals surface area (Å²) >= 11 is 1.35. The molecule has 1 N–H and O–H groups in total. The van der Waals surface area contributed by atoms with Gasteiger partial charge in [-0.1, -0.05) is 18.2 Å². The van der Waals surface area contributed by atoms with Crippen molar-refractivity contribution in [2.75, 3.05) is 11.9 Å². The van der Waals surface area contributed by atoms with E-state index >= 15 is 0 Å². The maximum atomic E-state index is 12.3. The van der Waals surface area contributed by atoms with Crippen LogP contribution in [0.3, 0.4) is 0 Å². The number of anilines is 1. The molecule has 0 spiro atoms. The number of amides is 1. The highest BCUT2D eigenvalue weighted by Crippen LogP contribution is 2.26. The van der Waals surface area contributed by atoms with Crippen molar-refractivity contribution >= 4 is 22.9 Å². The van der Waals surface area contributed by atoms with Crippen molar-refractivity contribution in [1.29, 1.82) is 0 Å². The van der Waals surface area contributed by atoms with Gasteiger partial charge in [0, 0.05) is 6.42 Å². The Bertz CT molecular complexity index is 996. The molecular formula is C17H14F3N3O4S. The first-order chi connectivity index (χ1) is 13.3. The molecule has 0 aliphatic rings. The van der Waals surface area contributed by atoms with E-state index in [0.717, 1.165) is 4.68 Å². The van der Waals surface area contributed by atoms with E-state index in [1.165, 1.54) is 29.5 Å². The molecule has 1 aromatic carbocycles. The number of benzene rings is 1. The van der Waals surface area contributed by atoms with Gasteiger partial charge in [0.05, 0.1) is 17.1 Å². The third-order valence-electron chi connectivity index (χ3n) is 3.44. The molecule has 0 aliphatic carbocycles. The zero-order valence-electron chi connectivity index (χ0n) is 14.2. The fourth-order valence-corrected chi connectivity index (χ4v) is 2.87. The largest absolute Gasteiger partial charge is 0.482 e. The molecule has 7 nitrogen and oxygen atoms in total. The fraction of sp³-hybridized carbons (Fsp3) is 0.235. The molecule has 1 amide bonds. The number of rotatable bonds is 7. The summed E-state index contributed by atoms with van der Waals surface area (Å²) in [5.41, 5.74) is 0.100. The van der Waals surface area contributed by atoms with Gasteiger partial charge in [-0.05, 0) is 23.6 Å². The second kappa shape index (κ2) is 8.30. The van der Waals surface area contributed by atoms with Gasteiger partial charge in [-0.25, -0.2) is 4.79 Å². The zero-order valence-corrected chi connectivity index (χ0v) is 15.0. The Labute approximate surface area is 160 Å². The number of thiophene rings is 1. The topological polar surface area (TPSA) is 86.4 Å².